The summed E-state index contributed by atoms with van der Waals surface area (Å²) in [5.74, 6) is -0.391. The van der Waals surface area contributed by atoms with E-state index in [1.165, 1.54) is 24.8 Å². The van der Waals surface area contributed by atoms with Crippen molar-refractivity contribution in [3.8, 4) is 6.07 Å². The molecule has 0 fully saturated rings. The number of ketones is 1. The molecule has 0 saturated carbocycles. The predicted octanol–water partition coefficient (Wildman–Crippen LogP) is 2.47. The molecule has 84 valence electrons. The van der Waals surface area contributed by atoms with Crippen LogP contribution < -0.4 is 0 Å². The second-order valence-corrected chi connectivity index (χ2v) is 4.35. The molecule has 0 N–H and O–H groups in total. The number of allylic oxidation sites excluding steroid dienone is 2. The Morgan fingerprint density at radius 2 is 2.38 bits per heavy atom. The molecule has 0 amide bonds. The molecule has 0 aromatic carbocycles. The normalized spacial score (nSPS) is 13.2. The van der Waals surface area contributed by atoms with Crippen LogP contribution in [0.3, 0.4) is 0 Å². The molecule has 1 rings (SSSR count). The topological polar surface area (TPSA) is 45.8 Å². The summed E-state index contributed by atoms with van der Waals surface area (Å²) in [6.45, 7) is 1.50. The first-order valence-corrected chi connectivity index (χ1v) is 6.09. The first kappa shape index (κ1) is 12.6. The van der Waals surface area contributed by atoms with Crippen molar-refractivity contribution in [2.45, 2.75) is 12.8 Å². The van der Waals surface area contributed by atoms with E-state index in [4.69, 9.17) is 0 Å². The minimum Gasteiger partial charge on any atom is -0.353 e. The number of hydrogen-bond donors (Lipinski definition) is 0. The quantitative estimate of drug-likeness (QED) is 0.752. The van der Waals surface area contributed by atoms with E-state index in [1.807, 2.05) is 36.2 Å². The van der Waals surface area contributed by atoms with Crippen LogP contribution in [-0.2, 0) is 11.8 Å². The van der Waals surface area contributed by atoms with Crippen molar-refractivity contribution in [1.29, 1.82) is 5.26 Å². The van der Waals surface area contributed by atoms with Crippen LogP contribution in [-0.4, -0.2) is 16.6 Å². The smallest absolute Gasteiger partial charge is 0.153 e. The molecule has 1 aromatic heterocycles. The predicted molar refractivity (Wildman–Crippen MR) is 66.0 cm³/mol. The lowest BCUT2D eigenvalue weighted by Crippen LogP contribution is -2.04. The highest BCUT2D eigenvalue weighted by atomic mass is 32.2. The SMILES string of the molecule is CS/C(=C/C(C)=O)C(C#N)c1cccn1C. The van der Waals surface area contributed by atoms with Gasteiger partial charge in [0.25, 0.3) is 0 Å². The Bertz CT molecular complexity index is 454. The molecule has 1 unspecified atom stereocenters. The summed E-state index contributed by atoms with van der Waals surface area (Å²) in [5, 5.41) is 9.21. The maximum Gasteiger partial charge on any atom is 0.153 e. The monoisotopic (exact) mass is 234 g/mol. The first-order valence-electron chi connectivity index (χ1n) is 4.87. The fourth-order valence-corrected chi connectivity index (χ4v) is 2.20. The Balaban J connectivity index is 3.13. The van der Waals surface area contributed by atoms with Crippen molar-refractivity contribution >= 4 is 17.5 Å². The molecule has 0 spiro atoms. The van der Waals surface area contributed by atoms with Gasteiger partial charge in [0.1, 0.15) is 5.92 Å². The van der Waals surface area contributed by atoms with Gasteiger partial charge in [-0.05, 0) is 31.4 Å². The molecule has 1 aromatic rings. The second kappa shape index (κ2) is 5.57. The third-order valence-electron chi connectivity index (χ3n) is 2.27. The van der Waals surface area contributed by atoms with Crippen LogP contribution in [0.2, 0.25) is 0 Å². The first-order chi connectivity index (χ1) is 7.60. The number of nitriles is 1. The molecule has 3 nitrogen and oxygen atoms in total. The van der Waals surface area contributed by atoms with Gasteiger partial charge in [-0.1, -0.05) is 0 Å². The molecule has 0 aliphatic carbocycles. The van der Waals surface area contributed by atoms with Gasteiger partial charge in [-0.25, -0.2) is 0 Å². The van der Waals surface area contributed by atoms with Gasteiger partial charge in [0, 0.05) is 23.8 Å². The number of aryl methyl sites for hydroxylation is 1. The molecule has 0 saturated heterocycles. The Hall–Kier alpha value is -1.47. The molecular formula is C12H14N2OS. The Labute approximate surface area is 99.8 Å². The van der Waals surface area contributed by atoms with Crippen molar-refractivity contribution in [2.24, 2.45) is 7.05 Å². The number of carbonyl (C=O) groups is 1. The Morgan fingerprint density at radius 3 is 2.75 bits per heavy atom. The summed E-state index contributed by atoms with van der Waals surface area (Å²) in [6.07, 6.45) is 5.30. The van der Waals surface area contributed by atoms with Crippen LogP contribution in [0, 0.1) is 11.3 Å². The number of carbonyl (C=O) groups excluding carboxylic acids is 1. The van der Waals surface area contributed by atoms with E-state index in [2.05, 4.69) is 6.07 Å². The number of nitrogens with zero attached hydrogens (tertiary/aromatic N) is 2. The lowest BCUT2D eigenvalue weighted by atomic mass is 10.1. The summed E-state index contributed by atoms with van der Waals surface area (Å²) < 4.78 is 1.90. The fourth-order valence-electron chi connectivity index (χ4n) is 1.51. The van der Waals surface area contributed by atoms with Crippen LogP contribution in [0.1, 0.15) is 18.5 Å². The average molecular weight is 234 g/mol. The zero-order valence-corrected chi connectivity index (χ0v) is 10.4. The van der Waals surface area contributed by atoms with Gasteiger partial charge in [0.15, 0.2) is 5.78 Å². The highest BCUT2D eigenvalue weighted by Crippen LogP contribution is 2.30. The minimum atomic E-state index is -0.362. The van der Waals surface area contributed by atoms with Gasteiger partial charge in [0.2, 0.25) is 0 Å². The van der Waals surface area contributed by atoms with E-state index in [-0.39, 0.29) is 11.7 Å². The summed E-state index contributed by atoms with van der Waals surface area (Å²) in [6, 6.07) is 6.03. The number of hydrogen-bond acceptors (Lipinski definition) is 3. The van der Waals surface area contributed by atoms with E-state index < -0.39 is 0 Å². The minimum absolute atomic E-state index is 0.0289. The maximum absolute atomic E-state index is 11.1. The van der Waals surface area contributed by atoms with Crippen molar-refractivity contribution in [3.05, 3.63) is 35.0 Å². The zero-order chi connectivity index (χ0) is 12.1. The Kier molecular flexibility index (Phi) is 4.39. The number of thioether (sulfide) groups is 1. The highest BCUT2D eigenvalue weighted by molar-refractivity contribution is 8.02. The number of rotatable bonds is 4. The lowest BCUT2D eigenvalue weighted by Gasteiger charge is -2.12. The molecule has 4 heteroatoms. The van der Waals surface area contributed by atoms with Crippen LogP contribution >= 0.6 is 11.8 Å². The molecule has 16 heavy (non-hydrogen) atoms. The summed E-state index contributed by atoms with van der Waals surface area (Å²) in [5.41, 5.74) is 0.907. The van der Waals surface area contributed by atoms with Gasteiger partial charge in [-0.2, -0.15) is 5.26 Å². The van der Waals surface area contributed by atoms with Crippen molar-refractivity contribution in [3.63, 3.8) is 0 Å². The van der Waals surface area contributed by atoms with Gasteiger partial charge in [-0.3, -0.25) is 4.79 Å². The third kappa shape index (κ3) is 2.77. The molecule has 1 atom stereocenters. The zero-order valence-electron chi connectivity index (χ0n) is 9.60. The second-order valence-electron chi connectivity index (χ2n) is 3.47. The molecule has 0 radical (unpaired) electrons. The van der Waals surface area contributed by atoms with E-state index in [1.54, 1.807) is 0 Å². The van der Waals surface area contributed by atoms with Crippen LogP contribution in [0.5, 0.6) is 0 Å². The van der Waals surface area contributed by atoms with E-state index in [0.717, 1.165) is 10.6 Å². The molecule has 1 heterocycles. The highest BCUT2D eigenvalue weighted by Gasteiger charge is 2.18. The van der Waals surface area contributed by atoms with Crippen LogP contribution in [0.15, 0.2) is 29.3 Å². The summed E-state index contributed by atoms with van der Waals surface area (Å²) in [4.78, 5) is 11.9. The maximum atomic E-state index is 11.1. The lowest BCUT2D eigenvalue weighted by molar-refractivity contribution is -0.112. The van der Waals surface area contributed by atoms with Gasteiger partial charge in [-0.15, -0.1) is 11.8 Å². The van der Waals surface area contributed by atoms with Crippen molar-refractivity contribution in [1.82, 2.24) is 4.57 Å². The van der Waals surface area contributed by atoms with Crippen LogP contribution in [0.25, 0.3) is 0 Å². The average Bonchev–Trinajstić information content (AvgIpc) is 2.64. The largest absolute Gasteiger partial charge is 0.353 e. The summed E-state index contributed by atoms with van der Waals surface area (Å²) in [7, 11) is 1.89. The van der Waals surface area contributed by atoms with E-state index >= 15 is 0 Å². The summed E-state index contributed by atoms with van der Waals surface area (Å²) >= 11 is 1.44. The molecular weight excluding hydrogens is 220 g/mol. The molecule has 0 aliphatic rings. The standard InChI is InChI=1S/C12H14N2OS/c1-9(15)7-12(16-3)10(8-13)11-5-4-6-14(11)2/h4-7,10H,1-3H3/b12-7+. The third-order valence-corrected chi connectivity index (χ3v) is 3.10. The molecule has 0 aliphatic heterocycles. The van der Waals surface area contributed by atoms with Crippen molar-refractivity contribution in [2.75, 3.05) is 6.26 Å². The fraction of sp³-hybridized carbons (Fsp3) is 0.333. The van der Waals surface area contributed by atoms with E-state index in [0.29, 0.717) is 0 Å². The number of aromatic nitrogens is 1. The van der Waals surface area contributed by atoms with Gasteiger partial charge < -0.3 is 4.57 Å². The van der Waals surface area contributed by atoms with Crippen LogP contribution in [0.4, 0.5) is 0 Å². The molecule has 0 bridgehead atoms. The van der Waals surface area contributed by atoms with E-state index in [9.17, 15) is 10.1 Å². The van der Waals surface area contributed by atoms with Gasteiger partial charge in [0.05, 0.1) is 6.07 Å². The van der Waals surface area contributed by atoms with Crippen molar-refractivity contribution < 1.29 is 4.79 Å². The Morgan fingerprint density at radius 1 is 1.69 bits per heavy atom. The van der Waals surface area contributed by atoms with Gasteiger partial charge >= 0.3 is 0 Å².